The zero-order valence-corrected chi connectivity index (χ0v) is 12.9. The van der Waals surface area contributed by atoms with Crippen LogP contribution >= 0.6 is 0 Å². The molecule has 0 radical (unpaired) electrons. The maximum Gasteiger partial charge on any atom is 0.0796 e. The Kier molecular flexibility index (Phi) is 3.78. The third-order valence-electron chi connectivity index (χ3n) is 3.79. The van der Waals surface area contributed by atoms with Gasteiger partial charge in [0.25, 0.3) is 0 Å². The third-order valence-corrected chi connectivity index (χ3v) is 3.79. The average Bonchev–Trinajstić information content (AvgIpc) is 2.69. The van der Waals surface area contributed by atoms with E-state index in [0.717, 1.165) is 33.5 Å². The predicted molar refractivity (Wildman–Crippen MR) is 93.9 cm³/mol. The van der Waals surface area contributed by atoms with Crippen LogP contribution in [0.2, 0.25) is 0 Å². The lowest BCUT2D eigenvalue weighted by molar-refractivity contribution is 1.26. The zero-order chi connectivity index (χ0) is 16.2. The predicted octanol–water partition coefficient (Wildman–Crippen LogP) is 4.27. The number of rotatable bonds is 3. The first-order chi connectivity index (χ1) is 11.9. The molecule has 4 rings (SSSR count). The van der Waals surface area contributed by atoms with Crippen LogP contribution in [0.1, 0.15) is 0 Å². The van der Waals surface area contributed by atoms with E-state index in [1.165, 1.54) is 0 Å². The lowest BCUT2D eigenvalue weighted by Crippen LogP contribution is -1.92. The standard InChI is InChI=1S/C20H14N4/c1-4-15(11-21-7-1)18-10-19(16-5-2-8-22-12-16)20(24-14-18)17-6-3-9-23-13-17/h1-14H. The monoisotopic (exact) mass is 310 g/mol. The van der Waals surface area contributed by atoms with E-state index in [9.17, 15) is 0 Å². The first-order valence-electron chi connectivity index (χ1n) is 7.63. The van der Waals surface area contributed by atoms with Crippen LogP contribution < -0.4 is 0 Å². The summed E-state index contributed by atoms with van der Waals surface area (Å²) in [5.41, 5.74) is 5.98. The van der Waals surface area contributed by atoms with Crippen molar-refractivity contribution in [3.05, 3.63) is 85.8 Å². The average molecular weight is 310 g/mol. The van der Waals surface area contributed by atoms with E-state index in [-0.39, 0.29) is 0 Å². The molecule has 0 unspecified atom stereocenters. The molecule has 4 heteroatoms. The summed E-state index contributed by atoms with van der Waals surface area (Å²) in [6.45, 7) is 0. The Balaban J connectivity index is 1.92. The molecule has 0 aliphatic carbocycles. The Morgan fingerprint density at radius 3 is 1.71 bits per heavy atom. The van der Waals surface area contributed by atoms with Crippen molar-refractivity contribution >= 4 is 0 Å². The lowest BCUT2D eigenvalue weighted by Gasteiger charge is -2.11. The highest BCUT2D eigenvalue weighted by molar-refractivity contribution is 5.83. The molecule has 0 atom stereocenters. The molecule has 0 aliphatic rings. The Bertz CT molecular complexity index is 939. The van der Waals surface area contributed by atoms with Gasteiger partial charge < -0.3 is 0 Å². The maximum atomic E-state index is 4.71. The van der Waals surface area contributed by atoms with Crippen molar-refractivity contribution in [2.75, 3.05) is 0 Å². The third kappa shape index (κ3) is 2.77. The van der Waals surface area contributed by atoms with E-state index in [1.54, 1.807) is 18.6 Å². The summed E-state index contributed by atoms with van der Waals surface area (Å²) in [5, 5.41) is 0. The molecule has 0 saturated carbocycles. The normalized spacial score (nSPS) is 10.5. The summed E-state index contributed by atoms with van der Waals surface area (Å²) in [5.74, 6) is 0. The molecule has 4 aromatic rings. The Labute approximate surface area is 139 Å². The molecule has 0 N–H and O–H groups in total. The van der Waals surface area contributed by atoms with Gasteiger partial charge in [0.05, 0.1) is 5.69 Å². The van der Waals surface area contributed by atoms with Crippen molar-refractivity contribution in [2.45, 2.75) is 0 Å². The summed E-state index contributed by atoms with van der Waals surface area (Å²) in [6, 6.07) is 14.0. The van der Waals surface area contributed by atoms with Crippen LogP contribution in [0.3, 0.4) is 0 Å². The van der Waals surface area contributed by atoms with Crippen LogP contribution in [0.4, 0.5) is 0 Å². The number of hydrogen-bond donors (Lipinski definition) is 0. The summed E-state index contributed by atoms with van der Waals surface area (Å²) >= 11 is 0. The van der Waals surface area contributed by atoms with Gasteiger partial charge in [-0.3, -0.25) is 19.9 Å². The van der Waals surface area contributed by atoms with E-state index in [4.69, 9.17) is 4.98 Å². The largest absolute Gasteiger partial charge is 0.264 e. The van der Waals surface area contributed by atoms with Crippen LogP contribution in [-0.2, 0) is 0 Å². The second-order valence-corrected chi connectivity index (χ2v) is 5.35. The molecule has 0 amide bonds. The molecule has 4 nitrogen and oxygen atoms in total. The molecule has 0 aliphatic heterocycles. The maximum absolute atomic E-state index is 4.71. The molecule has 0 aromatic carbocycles. The highest BCUT2D eigenvalue weighted by Crippen LogP contribution is 2.32. The summed E-state index contributed by atoms with van der Waals surface area (Å²) in [4.78, 5) is 17.4. The van der Waals surface area contributed by atoms with Gasteiger partial charge >= 0.3 is 0 Å². The van der Waals surface area contributed by atoms with Crippen LogP contribution in [-0.4, -0.2) is 19.9 Å². The molecule has 0 saturated heterocycles. The fraction of sp³-hybridized carbons (Fsp3) is 0. The van der Waals surface area contributed by atoms with Crippen LogP contribution in [0.25, 0.3) is 33.5 Å². The summed E-state index contributed by atoms with van der Waals surface area (Å²) < 4.78 is 0. The van der Waals surface area contributed by atoms with Gasteiger partial charge in [-0.05, 0) is 30.3 Å². The van der Waals surface area contributed by atoms with E-state index < -0.39 is 0 Å². The Morgan fingerprint density at radius 1 is 0.542 bits per heavy atom. The van der Waals surface area contributed by atoms with Gasteiger partial charge in [0, 0.05) is 71.2 Å². The molecular weight excluding hydrogens is 296 g/mol. The van der Waals surface area contributed by atoms with Gasteiger partial charge in [-0.25, -0.2) is 0 Å². The van der Waals surface area contributed by atoms with Crippen molar-refractivity contribution in [1.82, 2.24) is 19.9 Å². The van der Waals surface area contributed by atoms with Crippen molar-refractivity contribution in [1.29, 1.82) is 0 Å². The fourth-order valence-corrected chi connectivity index (χ4v) is 2.63. The number of aromatic nitrogens is 4. The molecule has 4 aromatic heterocycles. The molecule has 0 fully saturated rings. The molecule has 24 heavy (non-hydrogen) atoms. The van der Waals surface area contributed by atoms with Crippen molar-refractivity contribution in [3.63, 3.8) is 0 Å². The number of nitrogens with zero attached hydrogens (tertiary/aromatic N) is 4. The minimum Gasteiger partial charge on any atom is -0.264 e. The molecule has 0 bridgehead atoms. The Hall–Kier alpha value is -3.40. The van der Waals surface area contributed by atoms with Crippen LogP contribution in [0, 0.1) is 0 Å². The van der Waals surface area contributed by atoms with E-state index in [1.807, 2.05) is 61.2 Å². The molecule has 114 valence electrons. The summed E-state index contributed by atoms with van der Waals surface area (Å²) in [7, 11) is 0. The zero-order valence-electron chi connectivity index (χ0n) is 12.9. The van der Waals surface area contributed by atoms with Gasteiger partial charge in [-0.1, -0.05) is 12.1 Å². The molecule has 0 spiro atoms. The first kappa shape index (κ1) is 14.2. The van der Waals surface area contributed by atoms with Crippen molar-refractivity contribution < 1.29 is 0 Å². The molecular formula is C20H14N4. The van der Waals surface area contributed by atoms with Gasteiger partial charge in [0.2, 0.25) is 0 Å². The highest BCUT2D eigenvalue weighted by Gasteiger charge is 2.11. The quantitative estimate of drug-likeness (QED) is 0.567. The second-order valence-electron chi connectivity index (χ2n) is 5.35. The first-order valence-corrected chi connectivity index (χ1v) is 7.63. The molecule has 4 heterocycles. The van der Waals surface area contributed by atoms with Crippen molar-refractivity contribution in [3.8, 4) is 33.5 Å². The fourth-order valence-electron chi connectivity index (χ4n) is 2.63. The number of hydrogen-bond acceptors (Lipinski definition) is 4. The van der Waals surface area contributed by atoms with E-state index in [0.29, 0.717) is 0 Å². The summed E-state index contributed by atoms with van der Waals surface area (Å²) in [6.07, 6.45) is 12.7. The van der Waals surface area contributed by atoms with E-state index in [2.05, 4.69) is 21.0 Å². The minimum atomic E-state index is 0.892. The van der Waals surface area contributed by atoms with Gasteiger partial charge in [0.15, 0.2) is 0 Å². The number of pyridine rings is 4. The van der Waals surface area contributed by atoms with Crippen LogP contribution in [0.15, 0.2) is 85.8 Å². The van der Waals surface area contributed by atoms with Crippen molar-refractivity contribution in [2.24, 2.45) is 0 Å². The van der Waals surface area contributed by atoms with Gasteiger partial charge in [-0.2, -0.15) is 0 Å². The minimum absolute atomic E-state index is 0.892. The SMILES string of the molecule is c1cncc(-c2cnc(-c3cccnc3)c(-c3cccnc3)c2)c1. The Morgan fingerprint density at radius 2 is 1.12 bits per heavy atom. The lowest BCUT2D eigenvalue weighted by atomic mass is 9.98. The smallest absolute Gasteiger partial charge is 0.0796 e. The topological polar surface area (TPSA) is 51.6 Å². The van der Waals surface area contributed by atoms with E-state index >= 15 is 0 Å². The second kappa shape index (κ2) is 6.38. The van der Waals surface area contributed by atoms with Gasteiger partial charge in [-0.15, -0.1) is 0 Å². The van der Waals surface area contributed by atoms with Crippen LogP contribution in [0.5, 0.6) is 0 Å². The van der Waals surface area contributed by atoms with Gasteiger partial charge in [0.1, 0.15) is 0 Å². The highest BCUT2D eigenvalue weighted by atomic mass is 14.7.